The molecule has 0 unspecified atom stereocenters. The largest absolute Gasteiger partial charge is 0.423 e. The number of aromatic nitrogens is 2. The van der Waals surface area contributed by atoms with E-state index >= 15 is 0 Å². The molecule has 0 bridgehead atoms. The minimum Gasteiger partial charge on any atom is -0.423 e. The van der Waals surface area contributed by atoms with Crippen molar-refractivity contribution in [2.75, 3.05) is 24.6 Å². The van der Waals surface area contributed by atoms with Crippen LogP contribution in [0.25, 0.3) is 21.9 Å². The van der Waals surface area contributed by atoms with Gasteiger partial charge in [0.2, 0.25) is 10.0 Å². The Bertz CT molecular complexity index is 2910. The molecular formula is C43H38Cl2N4O9S. The van der Waals surface area contributed by atoms with Crippen LogP contribution >= 0.6 is 23.2 Å². The molecule has 0 spiro atoms. The lowest BCUT2D eigenvalue weighted by Gasteiger charge is -2.13. The molecule has 4 aromatic carbocycles. The van der Waals surface area contributed by atoms with E-state index in [4.69, 9.17) is 41.5 Å². The molecule has 304 valence electrons. The Hall–Kier alpha value is -6.22. The van der Waals surface area contributed by atoms with Crippen LogP contribution in [-0.4, -0.2) is 49.2 Å². The first-order valence-electron chi connectivity index (χ1n) is 18.1. The van der Waals surface area contributed by atoms with Crippen molar-refractivity contribution < 1.29 is 31.5 Å². The molecule has 3 aromatic heterocycles. The maximum Gasteiger partial charge on any atom is 0.414 e. The van der Waals surface area contributed by atoms with Gasteiger partial charge in [0, 0.05) is 79.1 Å². The first-order chi connectivity index (χ1) is 28.1. The van der Waals surface area contributed by atoms with E-state index in [0.717, 1.165) is 16.7 Å². The molecule has 16 heteroatoms. The van der Waals surface area contributed by atoms with E-state index in [2.05, 4.69) is 14.7 Å². The fourth-order valence-corrected chi connectivity index (χ4v) is 7.00. The molecule has 0 radical (unpaired) electrons. The van der Waals surface area contributed by atoms with Crippen LogP contribution in [0.4, 0.5) is 10.5 Å². The molecule has 13 nitrogen and oxygen atoms in total. The number of nitrogens with one attached hydrogen (secondary N) is 1. The second-order valence-electron chi connectivity index (χ2n) is 13.5. The quantitative estimate of drug-likeness (QED) is 0.130. The highest BCUT2D eigenvalue weighted by atomic mass is 35.5. The molecule has 0 saturated carbocycles. The number of ether oxygens (including phenoxy) is 2. The van der Waals surface area contributed by atoms with Gasteiger partial charge in [-0.2, -0.15) is 0 Å². The molecule has 0 fully saturated rings. The molecule has 7 rings (SSSR count). The van der Waals surface area contributed by atoms with Gasteiger partial charge in [0.25, 0.3) is 0 Å². The summed E-state index contributed by atoms with van der Waals surface area (Å²) in [6.45, 7) is 5.24. The number of hydrogen-bond acceptors (Lipinski definition) is 11. The highest BCUT2D eigenvalue weighted by Crippen LogP contribution is 2.35. The third-order valence-corrected chi connectivity index (χ3v) is 11.1. The van der Waals surface area contributed by atoms with Gasteiger partial charge in [0.15, 0.2) is 11.5 Å². The van der Waals surface area contributed by atoms with Gasteiger partial charge in [-0.3, -0.25) is 4.72 Å². The van der Waals surface area contributed by atoms with E-state index in [1.807, 2.05) is 50.2 Å². The minimum atomic E-state index is -3.40. The van der Waals surface area contributed by atoms with Crippen molar-refractivity contribution in [1.82, 2.24) is 14.9 Å². The summed E-state index contributed by atoms with van der Waals surface area (Å²) in [6, 6.07) is 24.7. The first-order valence-corrected chi connectivity index (χ1v) is 20.5. The third kappa shape index (κ3) is 10.3. The van der Waals surface area contributed by atoms with Crippen LogP contribution in [0.15, 0.2) is 116 Å². The van der Waals surface area contributed by atoms with Crippen LogP contribution in [0.1, 0.15) is 40.3 Å². The smallest absolute Gasteiger partial charge is 0.414 e. The normalized spacial score (nSPS) is 11.2. The van der Waals surface area contributed by atoms with Gasteiger partial charge in [-0.05, 0) is 73.4 Å². The number of carbonyl (C=O) groups is 1. The number of halogens is 2. The summed E-state index contributed by atoms with van der Waals surface area (Å²) in [5.74, 6) is 0.380. The van der Waals surface area contributed by atoms with E-state index < -0.39 is 27.4 Å². The van der Waals surface area contributed by atoms with E-state index in [1.165, 1.54) is 29.4 Å². The number of amides is 1. The number of aryl methyl sites for hydroxylation is 2. The van der Waals surface area contributed by atoms with Gasteiger partial charge >= 0.3 is 23.4 Å². The lowest BCUT2D eigenvalue weighted by Crippen LogP contribution is -2.25. The number of nitrogens with zero attached hydrogens (tertiary/aromatic N) is 3. The highest BCUT2D eigenvalue weighted by Gasteiger charge is 2.19. The SMILES string of the molecule is CCS(=O)(=O)Nc1cccc(Cc2c(C)c3cc(Cl)c(Oc4ncccn4)cc3oc2=O)c1.Cc1c(Cc2ccccc2)c(=O)oc2cc(OC(=O)N(C)C)c(Cl)cc12. The van der Waals surface area contributed by atoms with Gasteiger partial charge in [0.1, 0.15) is 11.2 Å². The average Bonchev–Trinajstić information content (AvgIpc) is 3.20. The van der Waals surface area contributed by atoms with Gasteiger partial charge in [-0.15, -0.1) is 0 Å². The second-order valence-corrected chi connectivity index (χ2v) is 16.3. The van der Waals surface area contributed by atoms with Gasteiger partial charge in [-0.25, -0.2) is 32.8 Å². The molecule has 0 aliphatic carbocycles. The predicted octanol–water partition coefficient (Wildman–Crippen LogP) is 9.10. The lowest BCUT2D eigenvalue weighted by molar-refractivity contribution is 0.172. The van der Waals surface area contributed by atoms with Gasteiger partial charge in [-0.1, -0.05) is 65.7 Å². The Morgan fingerprint density at radius 3 is 1.86 bits per heavy atom. The third-order valence-electron chi connectivity index (χ3n) is 9.17. The zero-order chi connectivity index (χ0) is 42.4. The topological polar surface area (TPSA) is 171 Å². The zero-order valence-electron chi connectivity index (χ0n) is 32.5. The summed E-state index contributed by atoms with van der Waals surface area (Å²) in [5.41, 5.74) is 4.50. The van der Waals surface area contributed by atoms with Crippen molar-refractivity contribution in [3.05, 3.63) is 162 Å². The monoisotopic (exact) mass is 856 g/mol. The molecule has 0 saturated heterocycles. The molecular weight excluding hydrogens is 819 g/mol. The number of anilines is 1. The van der Waals surface area contributed by atoms with Crippen molar-refractivity contribution in [1.29, 1.82) is 0 Å². The lowest BCUT2D eigenvalue weighted by atomic mass is 9.99. The first kappa shape index (κ1) is 42.4. The molecule has 1 N–H and O–H groups in total. The summed E-state index contributed by atoms with van der Waals surface area (Å²) < 4.78 is 48.1. The predicted molar refractivity (Wildman–Crippen MR) is 228 cm³/mol. The van der Waals surface area contributed by atoms with Gasteiger partial charge in [0.05, 0.1) is 15.8 Å². The average molecular weight is 858 g/mol. The molecule has 59 heavy (non-hydrogen) atoms. The summed E-state index contributed by atoms with van der Waals surface area (Å²) in [6.07, 6.45) is 3.25. The highest BCUT2D eigenvalue weighted by molar-refractivity contribution is 7.92. The Kier molecular flexibility index (Phi) is 13.0. The number of benzene rings is 4. The molecule has 0 aliphatic rings. The number of carbonyl (C=O) groups excluding carboxylic acids is 1. The maximum absolute atomic E-state index is 12.8. The van der Waals surface area contributed by atoms with Crippen molar-refractivity contribution >= 4 is 66.9 Å². The van der Waals surface area contributed by atoms with Crippen LogP contribution in [-0.2, 0) is 22.9 Å². The summed E-state index contributed by atoms with van der Waals surface area (Å²) in [7, 11) is -0.271. The minimum absolute atomic E-state index is 0.0343. The Balaban J connectivity index is 0.000000204. The Morgan fingerprint density at radius 1 is 0.746 bits per heavy atom. The molecule has 1 amide bonds. The summed E-state index contributed by atoms with van der Waals surface area (Å²) in [4.78, 5) is 46.3. The molecule has 3 heterocycles. The van der Waals surface area contributed by atoms with E-state index in [9.17, 15) is 22.8 Å². The number of rotatable bonds is 10. The van der Waals surface area contributed by atoms with E-state index in [-0.39, 0.29) is 34.7 Å². The number of hydrogen-bond donors (Lipinski definition) is 1. The number of fused-ring (bicyclic) bond motifs is 2. The Morgan fingerprint density at radius 2 is 1.29 bits per heavy atom. The fraction of sp³-hybridized carbons (Fsp3) is 0.186. The van der Waals surface area contributed by atoms with E-state index in [1.54, 1.807) is 57.4 Å². The maximum atomic E-state index is 12.8. The summed E-state index contributed by atoms with van der Waals surface area (Å²) >= 11 is 12.7. The molecule has 0 atom stereocenters. The van der Waals surface area contributed by atoms with Crippen molar-refractivity contribution in [2.24, 2.45) is 0 Å². The Labute approximate surface area is 349 Å². The van der Waals surface area contributed by atoms with Crippen LogP contribution in [0.5, 0.6) is 17.5 Å². The van der Waals surface area contributed by atoms with E-state index in [0.29, 0.717) is 55.8 Å². The van der Waals surface area contributed by atoms with Crippen LogP contribution in [0.3, 0.4) is 0 Å². The molecule has 0 aliphatic heterocycles. The zero-order valence-corrected chi connectivity index (χ0v) is 34.9. The standard InChI is InChI=1S/C23H20ClN3O5S.C20H18ClNO4/c1-3-33(29,30)27-16-7-4-6-15(10-16)11-18-14(2)17-12-19(24)21(13-20(17)31-22(18)28)32-23-25-8-5-9-26-23;1-12-14-10-16(21)18(26-20(24)22(2)3)11-17(14)25-19(23)15(12)9-13-7-5-4-6-8-13/h4-10,12-13,27H,3,11H2,1-2H3;4-8,10-11H,9H2,1-3H3. The van der Waals surface area contributed by atoms with Crippen molar-refractivity contribution in [2.45, 2.75) is 33.6 Å². The van der Waals surface area contributed by atoms with Crippen molar-refractivity contribution in [3.8, 4) is 17.5 Å². The number of sulfonamides is 1. The molecule has 7 aromatic rings. The summed E-state index contributed by atoms with van der Waals surface area (Å²) in [5, 5.41) is 1.97. The second kappa shape index (κ2) is 18.1. The van der Waals surface area contributed by atoms with Crippen LogP contribution in [0, 0.1) is 13.8 Å². The van der Waals surface area contributed by atoms with Crippen LogP contribution < -0.4 is 25.4 Å². The van der Waals surface area contributed by atoms with Crippen molar-refractivity contribution in [3.63, 3.8) is 0 Å². The fourth-order valence-electron chi connectivity index (χ4n) is 5.97. The van der Waals surface area contributed by atoms with Crippen LogP contribution in [0.2, 0.25) is 10.0 Å². The van der Waals surface area contributed by atoms with Gasteiger partial charge < -0.3 is 23.2 Å².